The summed E-state index contributed by atoms with van der Waals surface area (Å²) in [5.41, 5.74) is 1.86. The van der Waals surface area contributed by atoms with Gasteiger partial charge in [0.1, 0.15) is 17.1 Å². The maximum absolute atomic E-state index is 11.4. The number of hydrogen-bond donors (Lipinski definition) is 1. The second kappa shape index (κ2) is 7.74. The predicted octanol–water partition coefficient (Wildman–Crippen LogP) is 2.94. The summed E-state index contributed by atoms with van der Waals surface area (Å²) in [6.45, 7) is 2.55. The fourth-order valence-electron chi connectivity index (χ4n) is 3.58. The first-order chi connectivity index (χ1) is 12.2. The lowest BCUT2D eigenvalue weighted by atomic mass is 9.97. The summed E-state index contributed by atoms with van der Waals surface area (Å²) < 4.78 is 12.9. The zero-order chi connectivity index (χ0) is 17.8. The Kier molecular flexibility index (Phi) is 5.43. The number of aryl methyl sites for hydroxylation is 1. The molecular weight excluding hydrogens is 322 g/mol. The van der Waals surface area contributed by atoms with Crippen LogP contribution in [0.4, 0.5) is 4.79 Å². The molecule has 1 saturated heterocycles. The smallest absolute Gasteiger partial charge is 0.407 e. The van der Waals surface area contributed by atoms with Gasteiger partial charge in [-0.05, 0) is 31.4 Å². The summed E-state index contributed by atoms with van der Waals surface area (Å²) >= 11 is 0. The quantitative estimate of drug-likeness (QED) is 0.813. The SMILES string of the molecule is COCCCn1c([C@@H]2CCCN(C(=O)O)C2)nc2c(OC)cccc21. The second-order valence-corrected chi connectivity index (χ2v) is 6.36. The Labute approximate surface area is 147 Å². The average molecular weight is 347 g/mol. The van der Waals surface area contributed by atoms with Gasteiger partial charge in [-0.3, -0.25) is 0 Å². The van der Waals surface area contributed by atoms with Crippen LogP contribution in [0.5, 0.6) is 5.75 Å². The molecule has 0 unspecified atom stereocenters. The number of rotatable bonds is 6. The van der Waals surface area contributed by atoms with Crippen molar-refractivity contribution in [3.8, 4) is 5.75 Å². The largest absolute Gasteiger partial charge is 0.494 e. The predicted molar refractivity (Wildman–Crippen MR) is 94.4 cm³/mol. The number of fused-ring (bicyclic) bond motifs is 1. The van der Waals surface area contributed by atoms with E-state index in [-0.39, 0.29) is 5.92 Å². The van der Waals surface area contributed by atoms with Gasteiger partial charge in [0.15, 0.2) is 0 Å². The molecule has 2 heterocycles. The number of carbonyl (C=O) groups is 1. The van der Waals surface area contributed by atoms with Gasteiger partial charge < -0.3 is 24.0 Å². The van der Waals surface area contributed by atoms with Crippen molar-refractivity contribution >= 4 is 17.1 Å². The van der Waals surface area contributed by atoms with Crippen LogP contribution in [0.15, 0.2) is 18.2 Å². The minimum atomic E-state index is -0.857. The number of piperidine rings is 1. The van der Waals surface area contributed by atoms with E-state index in [0.29, 0.717) is 19.7 Å². The Hall–Kier alpha value is -2.28. The maximum Gasteiger partial charge on any atom is 0.407 e. The first-order valence-corrected chi connectivity index (χ1v) is 8.65. The van der Waals surface area contributed by atoms with Gasteiger partial charge in [-0.25, -0.2) is 9.78 Å². The highest BCUT2D eigenvalue weighted by atomic mass is 16.5. The lowest BCUT2D eigenvalue weighted by molar-refractivity contribution is 0.129. The molecule has 1 aliphatic rings. The van der Waals surface area contributed by atoms with Gasteiger partial charge in [0.05, 0.1) is 12.6 Å². The van der Waals surface area contributed by atoms with Crippen molar-refractivity contribution in [3.63, 3.8) is 0 Å². The maximum atomic E-state index is 11.4. The molecule has 7 nitrogen and oxygen atoms in total. The van der Waals surface area contributed by atoms with Gasteiger partial charge >= 0.3 is 6.09 Å². The first kappa shape index (κ1) is 17.5. The number of amides is 1. The molecule has 1 fully saturated rings. The fraction of sp³-hybridized carbons (Fsp3) is 0.556. The number of methoxy groups -OCH3 is 2. The number of nitrogens with zero attached hydrogens (tertiary/aromatic N) is 3. The highest BCUT2D eigenvalue weighted by Gasteiger charge is 2.28. The third-order valence-electron chi connectivity index (χ3n) is 4.78. The summed E-state index contributed by atoms with van der Waals surface area (Å²) in [5, 5.41) is 9.33. The van der Waals surface area contributed by atoms with Crippen LogP contribution in [0.1, 0.15) is 31.0 Å². The van der Waals surface area contributed by atoms with E-state index < -0.39 is 6.09 Å². The van der Waals surface area contributed by atoms with E-state index in [1.807, 2.05) is 18.2 Å². The van der Waals surface area contributed by atoms with Crippen molar-refractivity contribution in [2.24, 2.45) is 0 Å². The van der Waals surface area contributed by atoms with Gasteiger partial charge in [0, 0.05) is 39.3 Å². The number of hydrogen-bond acceptors (Lipinski definition) is 4. The number of benzene rings is 1. The Morgan fingerprint density at radius 3 is 2.96 bits per heavy atom. The zero-order valence-corrected chi connectivity index (χ0v) is 14.8. The van der Waals surface area contributed by atoms with Crippen molar-refractivity contribution in [3.05, 3.63) is 24.0 Å². The third kappa shape index (κ3) is 3.56. The van der Waals surface area contributed by atoms with E-state index in [4.69, 9.17) is 14.5 Å². The van der Waals surface area contributed by atoms with Gasteiger partial charge in [0.2, 0.25) is 0 Å². The molecule has 1 aliphatic heterocycles. The van der Waals surface area contributed by atoms with Crippen LogP contribution >= 0.6 is 0 Å². The molecule has 0 radical (unpaired) electrons. The summed E-state index contributed by atoms with van der Waals surface area (Å²) in [6, 6.07) is 5.91. The van der Waals surface area contributed by atoms with E-state index in [9.17, 15) is 9.90 Å². The number of para-hydroxylation sites is 1. The molecule has 0 bridgehead atoms. The molecule has 0 aliphatic carbocycles. The third-order valence-corrected chi connectivity index (χ3v) is 4.78. The Bertz CT molecular complexity index is 743. The lowest BCUT2D eigenvalue weighted by Gasteiger charge is -2.30. The van der Waals surface area contributed by atoms with E-state index >= 15 is 0 Å². The van der Waals surface area contributed by atoms with Crippen molar-refractivity contribution in [2.45, 2.75) is 31.7 Å². The minimum Gasteiger partial charge on any atom is -0.494 e. The number of carboxylic acid groups (broad SMARTS) is 1. The topological polar surface area (TPSA) is 76.8 Å². The van der Waals surface area contributed by atoms with Crippen LogP contribution in [0.3, 0.4) is 0 Å². The van der Waals surface area contributed by atoms with Crippen molar-refractivity contribution < 1.29 is 19.4 Å². The first-order valence-electron chi connectivity index (χ1n) is 8.65. The fourth-order valence-corrected chi connectivity index (χ4v) is 3.58. The molecule has 1 N–H and O–H groups in total. The molecule has 1 aromatic heterocycles. The molecule has 25 heavy (non-hydrogen) atoms. The highest BCUT2D eigenvalue weighted by molar-refractivity contribution is 5.82. The van der Waals surface area contributed by atoms with E-state index in [1.54, 1.807) is 14.2 Å². The van der Waals surface area contributed by atoms with Crippen molar-refractivity contribution in [1.29, 1.82) is 0 Å². The molecule has 2 aromatic rings. The van der Waals surface area contributed by atoms with Gasteiger partial charge in [-0.15, -0.1) is 0 Å². The van der Waals surface area contributed by atoms with Crippen LogP contribution in [-0.4, -0.2) is 59.6 Å². The molecular formula is C18H25N3O4. The monoisotopic (exact) mass is 347 g/mol. The number of ether oxygens (including phenoxy) is 2. The number of imidazole rings is 1. The van der Waals surface area contributed by atoms with Gasteiger partial charge in [-0.2, -0.15) is 0 Å². The van der Waals surface area contributed by atoms with Crippen molar-refractivity contribution in [2.75, 3.05) is 33.9 Å². The molecule has 3 rings (SSSR count). The number of aromatic nitrogens is 2. The molecule has 0 spiro atoms. The molecule has 1 aromatic carbocycles. The molecule has 1 amide bonds. The normalized spacial score (nSPS) is 17.8. The van der Waals surface area contributed by atoms with E-state index in [1.165, 1.54) is 4.90 Å². The lowest BCUT2D eigenvalue weighted by Crippen LogP contribution is -2.38. The summed E-state index contributed by atoms with van der Waals surface area (Å²) in [4.78, 5) is 17.7. The number of likely N-dealkylation sites (tertiary alicyclic amines) is 1. The highest BCUT2D eigenvalue weighted by Crippen LogP contribution is 2.32. The molecule has 7 heteroatoms. The van der Waals surface area contributed by atoms with E-state index in [0.717, 1.165) is 48.4 Å². The molecule has 0 saturated carbocycles. The van der Waals surface area contributed by atoms with Gasteiger partial charge in [0.25, 0.3) is 0 Å². The average Bonchev–Trinajstić information content (AvgIpc) is 3.01. The standard InChI is InChI=1S/C18H25N3O4/c1-24-11-5-10-21-14-7-3-8-15(25-2)16(14)19-17(21)13-6-4-9-20(12-13)18(22)23/h3,7-8,13H,4-6,9-12H2,1-2H3,(H,22,23)/t13-/m1/s1. The molecule has 1 atom stereocenters. The zero-order valence-electron chi connectivity index (χ0n) is 14.8. The Morgan fingerprint density at radius 1 is 1.40 bits per heavy atom. The van der Waals surface area contributed by atoms with Crippen LogP contribution in [0.25, 0.3) is 11.0 Å². The summed E-state index contributed by atoms with van der Waals surface area (Å²) in [7, 11) is 3.34. The van der Waals surface area contributed by atoms with Crippen LogP contribution in [-0.2, 0) is 11.3 Å². The minimum absolute atomic E-state index is 0.101. The second-order valence-electron chi connectivity index (χ2n) is 6.36. The van der Waals surface area contributed by atoms with Crippen LogP contribution < -0.4 is 4.74 Å². The van der Waals surface area contributed by atoms with Gasteiger partial charge in [-0.1, -0.05) is 6.07 Å². The van der Waals surface area contributed by atoms with E-state index in [2.05, 4.69) is 4.57 Å². The van der Waals surface area contributed by atoms with Crippen LogP contribution in [0.2, 0.25) is 0 Å². The Morgan fingerprint density at radius 2 is 2.24 bits per heavy atom. The molecule has 136 valence electrons. The summed E-state index contributed by atoms with van der Waals surface area (Å²) in [5.74, 6) is 1.79. The summed E-state index contributed by atoms with van der Waals surface area (Å²) in [6.07, 6.45) is 1.82. The van der Waals surface area contributed by atoms with Crippen molar-refractivity contribution in [1.82, 2.24) is 14.5 Å². The van der Waals surface area contributed by atoms with Crippen LogP contribution in [0, 0.1) is 0 Å². The Balaban J connectivity index is 1.99.